The maximum atomic E-state index is 12.9. The van der Waals surface area contributed by atoms with Gasteiger partial charge in [0, 0.05) is 12.1 Å². The molecule has 0 heterocycles. The summed E-state index contributed by atoms with van der Waals surface area (Å²) in [6.45, 7) is 4.00. The largest absolute Gasteiger partial charge is 0.332 e. The fourth-order valence-corrected chi connectivity index (χ4v) is 8.45. The number of ketones is 1. The van der Waals surface area contributed by atoms with E-state index in [2.05, 4.69) is 16.1 Å². The minimum Gasteiger partial charge on any atom is -0.307 e. The molecule has 2 fully saturated rings. The van der Waals surface area contributed by atoms with Crippen molar-refractivity contribution in [3.05, 3.63) is 28.3 Å². The number of anilines is 1. The molecule has 7 heteroatoms. The van der Waals surface area contributed by atoms with Crippen molar-refractivity contribution in [2.75, 3.05) is 11.1 Å². The van der Waals surface area contributed by atoms with Crippen LogP contribution in [-0.2, 0) is 40.5 Å². The Labute approximate surface area is 178 Å². The van der Waals surface area contributed by atoms with Gasteiger partial charge < -0.3 is 5.32 Å². The van der Waals surface area contributed by atoms with E-state index in [0.29, 0.717) is 12.8 Å². The average Bonchev–Trinajstić information content (AvgIpc) is 3.38. The second-order valence-corrected chi connectivity index (χ2v) is 11.9. The van der Waals surface area contributed by atoms with Crippen LogP contribution in [0, 0.1) is 16.7 Å². The number of nitrogens with one attached hydrogen (secondary N) is 2. The highest BCUT2D eigenvalue weighted by molar-refractivity contribution is 7.90. The Balaban J connectivity index is 1.36. The molecule has 4 aliphatic rings. The van der Waals surface area contributed by atoms with Crippen molar-refractivity contribution in [1.82, 2.24) is 4.72 Å². The molecular formula is C23H30N2O4S. The first-order valence-electron chi connectivity index (χ1n) is 11.1. The van der Waals surface area contributed by atoms with Gasteiger partial charge in [-0.3, -0.25) is 4.79 Å². The van der Waals surface area contributed by atoms with Crippen LogP contribution in [0.4, 0.5) is 10.5 Å². The first-order valence-corrected chi connectivity index (χ1v) is 12.8. The van der Waals surface area contributed by atoms with Gasteiger partial charge in [-0.15, -0.1) is 0 Å². The van der Waals surface area contributed by atoms with E-state index in [0.717, 1.165) is 61.8 Å². The first-order chi connectivity index (χ1) is 14.1. The summed E-state index contributed by atoms with van der Waals surface area (Å²) in [6.07, 6.45) is 7.90. The molecule has 2 N–H and O–H groups in total. The van der Waals surface area contributed by atoms with Crippen molar-refractivity contribution in [2.24, 2.45) is 16.7 Å². The molecule has 0 aliphatic heterocycles. The van der Waals surface area contributed by atoms with Crippen molar-refractivity contribution < 1.29 is 18.0 Å². The van der Waals surface area contributed by atoms with Gasteiger partial charge in [0.2, 0.25) is 10.0 Å². The molecule has 1 aromatic carbocycles. The van der Waals surface area contributed by atoms with Crippen LogP contribution in [0.5, 0.6) is 0 Å². The summed E-state index contributed by atoms with van der Waals surface area (Å²) in [7, 11) is -3.94. The normalized spacial score (nSPS) is 28.5. The van der Waals surface area contributed by atoms with E-state index >= 15 is 0 Å². The third-order valence-electron chi connectivity index (χ3n) is 8.54. The summed E-state index contributed by atoms with van der Waals surface area (Å²) in [6, 6.07) is 1.56. The Morgan fingerprint density at radius 1 is 1.10 bits per heavy atom. The van der Waals surface area contributed by atoms with E-state index in [4.69, 9.17) is 0 Å². The molecule has 5 rings (SSSR count). The summed E-state index contributed by atoms with van der Waals surface area (Å²) in [5, 5.41) is 2.88. The molecule has 4 aliphatic carbocycles. The second-order valence-electron chi connectivity index (χ2n) is 10.2. The van der Waals surface area contributed by atoms with Crippen LogP contribution in [0.3, 0.4) is 0 Å². The number of Topliss-reactive ketones (excluding diaryl/α,β-unsaturated/α-hetero) is 1. The molecule has 0 aromatic heterocycles. The number of hydrogen-bond acceptors (Lipinski definition) is 4. The number of carbonyl (C=O) groups is 2. The van der Waals surface area contributed by atoms with Crippen molar-refractivity contribution in [1.29, 1.82) is 0 Å². The van der Waals surface area contributed by atoms with Gasteiger partial charge in [0.1, 0.15) is 5.78 Å². The lowest BCUT2D eigenvalue weighted by Gasteiger charge is -2.36. The second kappa shape index (κ2) is 6.55. The fraction of sp³-hybridized carbons (Fsp3) is 0.652. The van der Waals surface area contributed by atoms with Crippen molar-refractivity contribution in [2.45, 2.75) is 71.6 Å². The SMILES string of the molecule is CC1(C)C2CC[C@@]1(CS(=O)(=O)NC(=O)Nc1c3c(cc4c1CCC4)CCC3)C(=O)C2. The number of carbonyl (C=O) groups excluding carboxylic acids is 2. The Morgan fingerprint density at radius 3 is 2.27 bits per heavy atom. The molecule has 0 saturated heterocycles. The first kappa shape index (κ1) is 20.0. The average molecular weight is 431 g/mol. The molecule has 2 atom stereocenters. The fourth-order valence-electron chi connectivity index (χ4n) is 6.72. The van der Waals surface area contributed by atoms with E-state index in [1.165, 1.54) is 11.1 Å². The lowest BCUT2D eigenvalue weighted by atomic mass is 9.70. The van der Waals surface area contributed by atoms with E-state index in [-0.39, 0.29) is 22.9 Å². The Bertz CT molecular complexity index is 1030. The summed E-state index contributed by atoms with van der Waals surface area (Å²) < 4.78 is 28.1. The molecule has 1 aromatic rings. The van der Waals surface area contributed by atoms with Gasteiger partial charge in [-0.1, -0.05) is 19.9 Å². The maximum Gasteiger partial charge on any atom is 0.332 e. The highest BCUT2D eigenvalue weighted by Crippen LogP contribution is 2.64. The van der Waals surface area contributed by atoms with Crippen LogP contribution in [0.2, 0.25) is 0 Å². The zero-order valence-electron chi connectivity index (χ0n) is 17.8. The number of benzene rings is 1. The molecular weight excluding hydrogens is 400 g/mol. The summed E-state index contributed by atoms with van der Waals surface area (Å²) in [5.41, 5.74) is 4.47. The van der Waals surface area contributed by atoms with Crippen molar-refractivity contribution in [3.63, 3.8) is 0 Å². The van der Waals surface area contributed by atoms with Crippen LogP contribution >= 0.6 is 0 Å². The predicted octanol–water partition coefficient (Wildman–Crippen LogP) is 3.51. The van der Waals surface area contributed by atoms with Crippen LogP contribution in [0.15, 0.2) is 6.07 Å². The predicted molar refractivity (Wildman–Crippen MR) is 115 cm³/mol. The van der Waals surface area contributed by atoms with E-state index in [1.807, 2.05) is 13.8 Å². The molecule has 0 spiro atoms. The van der Waals surface area contributed by atoms with Gasteiger partial charge in [0.25, 0.3) is 0 Å². The molecule has 162 valence electrons. The zero-order chi connectivity index (χ0) is 21.3. The van der Waals surface area contributed by atoms with Gasteiger partial charge in [-0.05, 0) is 85.0 Å². The van der Waals surface area contributed by atoms with Crippen molar-refractivity contribution >= 4 is 27.5 Å². The number of rotatable bonds is 4. The monoisotopic (exact) mass is 430 g/mol. The molecule has 2 saturated carbocycles. The maximum absolute atomic E-state index is 12.9. The summed E-state index contributed by atoms with van der Waals surface area (Å²) in [5.74, 6) is -0.0300. The van der Waals surface area contributed by atoms with Gasteiger partial charge in [-0.2, -0.15) is 0 Å². The Kier molecular flexibility index (Phi) is 4.38. The zero-order valence-corrected chi connectivity index (χ0v) is 18.6. The van der Waals surface area contributed by atoms with Gasteiger partial charge in [-0.25, -0.2) is 17.9 Å². The highest BCUT2D eigenvalue weighted by Gasteiger charge is 2.65. The van der Waals surface area contributed by atoms with Crippen LogP contribution in [-0.4, -0.2) is 26.0 Å². The number of fused-ring (bicyclic) bond motifs is 4. The Hall–Kier alpha value is -1.89. The standard InChI is InChI=1S/C23H30N2O4S/c1-22(2)16-9-10-23(22,19(26)12-16)13-30(28,29)25-21(27)24-20-17-7-3-5-14(17)11-15-6-4-8-18(15)20/h11,16H,3-10,12-13H2,1-2H3,(H2,24,25,27)/t16?,23-/m1/s1. The smallest absolute Gasteiger partial charge is 0.307 e. The third kappa shape index (κ3) is 2.84. The molecule has 6 nitrogen and oxygen atoms in total. The minimum atomic E-state index is -3.94. The summed E-state index contributed by atoms with van der Waals surface area (Å²) >= 11 is 0. The lowest BCUT2D eigenvalue weighted by molar-refractivity contribution is -0.128. The molecule has 2 amide bonds. The van der Waals surface area contributed by atoms with Gasteiger partial charge >= 0.3 is 6.03 Å². The minimum absolute atomic E-state index is 0.0354. The number of hydrogen-bond donors (Lipinski definition) is 2. The molecule has 30 heavy (non-hydrogen) atoms. The third-order valence-corrected chi connectivity index (χ3v) is 9.90. The van der Waals surface area contributed by atoms with Crippen LogP contribution in [0.25, 0.3) is 0 Å². The number of aryl methyl sites for hydroxylation is 2. The number of sulfonamides is 1. The van der Waals surface area contributed by atoms with Crippen molar-refractivity contribution in [3.8, 4) is 0 Å². The van der Waals surface area contributed by atoms with E-state index < -0.39 is 21.5 Å². The highest BCUT2D eigenvalue weighted by atomic mass is 32.2. The summed E-state index contributed by atoms with van der Waals surface area (Å²) in [4.78, 5) is 25.5. The quantitative estimate of drug-likeness (QED) is 0.765. The van der Waals surface area contributed by atoms with Crippen LogP contribution in [0.1, 0.15) is 68.2 Å². The van der Waals surface area contributed by atoms with Crippen LogP contribution < -0.4 is 10.0 Å². The topological polar surface area (TPSA) is 92.3 Å². The Morgan fingerprint density at radius 2 is 1.73 bits per heavy atom. The van der Waals surface area contributed by atoms with Gasteiger partial charge in [0.15, 0.2) is 0 Å². The molecule has 1 unspecified atom stereocenters. The number of amides is 2. The van der Waals surface area contributed by atoms with E-state index in [1.54, 1.807) is 0 Å². The van der Waals surface area contributed by atoms with E-state index in [9.17, 15) is 18.0 Å². The molecule has 2 bridgehead atoms. The van der Waals surface area contributed by atoms with Gasteiger partial charge in [0.05, 0.1) is 11.2 Å². The molecule has 0 radical (unpaired) electrons. The number of urea groups is 1. The lowest BCUT2D eigenvalue weighted by Crippen LogP contribution is -2.47.